The average molecular weight is 312 g/mol. The number of carbonyl (C=O) groups excluding carboxylic acids is 2. The summed E-state index contributed by atoms with van der Waals surface area (Å²) in [7, 11) is 1.35. The molecule has 0 aliphatic carbocycles. The van der Waals surface area contributed by atoms with Crippen LogP contribution in [-0.4, -0.2) is 30.4 Å². The molecule has 0 radical (unpaired) electrons. The molecule has 0 saturated carbocycles. The first-order valence-electron chi connectivity index (χ1n) is 5.66. The summed E-state index contributed by atoms with van der Waals surface area (Å²) in [5.74, 6) is -0.312. The van der Waals surface area contributed by atoms with E-state index in [9.17, 15) is 9.59 Å². The normalized spacial score (nSPS) is 19.2. The fourth-order valence-electron chi connectivity index (χ4n) is 2.02. The predicted octanol–water partition coefficient (Wildman–Crippen LogP) is 2.28. The van der Waals surface area contributed by atoms with Gasteiger partial charge < -0.3 is 9.64 Å². The summed E-state index contributed by atoms with van der Waals surface area (Å²) in [4.78, 5) is 25.3. The highest BCUT2D eigenvalue weighted by Gasteiger charge is 2.29. The van der Waals surface area contributed by atoms with Crippen molar-refractivity contribution in [2.45, 2.75) is 18.2 Å². The molecule has 0 spiro atoms. The van der Waals surface area contributed by atoms with Crippen molar-refractivity contribution in [3.63, 3.8) is 0 Å². The van der Waals surface area contributed by atoms with Gasteiger partial charge in [0.15, 0.2) is 0 Å². The molecule has 18 heavy (non-hydrogen) atoms. The van der Waals surface area contributed by atoms with E-state index in [0.29, 0.717) is 18.5 Å². The molecule has 2 rings (SSSR count). The zero-order valence-electron chi connectivity index (χ0n) is 10.3. The third-order valence-electron chi connectivity index (χ3n) is 3.02. The molecule has 4 nitrogen and oxygen atoms in total. The summed E-state index contributed by atoms with van der Waals surface area (Å²) in [6.45, 7) is 2.47. The molecule has 1 fully saturated rings. The van der Waals surface area contributed by atoms with Gasteiger partial charge in [-0.15, -0.1) is 0 Å². The molecule has 0 bridgehead atoms. The number of carbonyl (C=O) groups is 2. The zero-order valence-corrected chi connectivity index (χ0v) is 11.9. The van der Waals surface area contributed by atoms with Crippen molar-refractivity contribution >= 4 is 33.5 Å². The van der Waals surface area contributed by atoms with Gasteiger partial charge >= 0.3 is 5.97 Å². The van der Waals surface area contributed by atoms with Crippen LogP contribution in [0.5, 0.6) is 0 Å². The van der Waals surface area contributed by atoms with Gasteiger partial charge in [-0.25, -0.2) is 4.79 Å². The van der Waals surface area contributed by atoms with Crippen LogP contribution in [0.4, 0.5) is 5.69 Å². The van der Waals surface area contributed by atoms with E-state index >= 15 is 0 Å². The second-order valence-electron chi connectivity index (χ2n) is 4.30. The minimum Gasteiger partial charge on any atom is -0.465 e. The summed E-state index contributed by atoms with van der Waals surface area (Å²) in [5.41, 5.74) is 2.08. The molecule has 1 saturated heterocycles. The molecule has 1 aromatic carbocycles. The van der Waals surface area contributed by atoms with Crippen molar-refractivity contribution < 1.29 is 14.3 Å². The van der Waals surface area contributed by atoms with Gasteiger partial charge in [0.25, 0.3) is 0 Å². The Labute approximate surface area is 114 Å². The van der Waals surface area contributed by atoms with Crippen LogP contribution in [-0.2, 0) is 9.53 Å². The zero-order chi connectivity index (χ0) is 13.3. The van der Waals surface area contributed by atoms with Crippen molar-refractivity contribution in [1.82, 2.24) is 0 Å². The topological polar surface area (TPSA) is 46.6 Å². The maximum absolute atomic E-state index is 11.8. The van der Waals surface area contributed by atoms with Gasteiger partial charge in [0.05, 0.1) is 12.7 Å². The minimum absolute atomic E-state index is 0.0662. The maximum atomic E-state index is 11.8. The Kier molecular flexibility index (Phi) is 3.71. The Hall–Kier alpha value is -1.36. The molecule has 1 heterocycles. The smallest absolute Gasteiger partial charge is 0.338 e. The molecule has 96 valence electrons. The van der Waals surface area contributed by atoms with Crippen molar-refractivity contribution in [1.29, 1.82) is 0 Å². The van der Waals surface area contributed by atoms with E-state index in [1.807, 2.05) is 19.1 Å². The third-order valence-corrected chi connectivity index (χ3v) is 3.63. The summed E-state index contributed by atoms with van der Waals surface area (Å²) >= 11 is 3.44. The van der Waals surface area contributed by atoms with E-state index in [-0.39, 0.29) is 16.7 Å². The lowest BCUT2D eigenvalue weighted by Crippen LogP contribution is -2.25. The van der Waals surface area contributed by atoms with Crippen LogP contribution in [0.1, 0.15) is 22.3 Å². The van der Waals surface area contributed by atoms with Crippen molar-refractivity contribution in [2.75, 3.05) is 18.6 Å². The second kappa shape index (κ2) is 5.10. The lowest BCUT2D eigenvalue weighted by Gasteiger charge is -2.17. The molecule has 1 aliphatic rings. The number of hydrogen-bond donors (Lipinski definition) is 0. The lowest BCUT2D eigenvalue weighted by molar-refractivity contribution is -0.117. The third kappa shape index (κ3) is 2.41. The Morgan fingerprint density at radius 3 is 2.78 bits per heavy atom. The largest absolute Gasteiger partial charge is 0.465 e. The van der Waals surface area contributed by atoms with Gasteiger partial charge in [-0.3, -0.25) is 4.79 Å². The van der Waals surface area contributed by atoms with E-state index < -0.39 is 0 Å². The maximum Gasteiger partial charge on any atom is 0.338 e. The SMILES string of the molecule is COC(=O)c1cc(N2CC(Br)CC2=O)ccc1C. The van der Waals surface area contributed by atoms with Crippen molar-refractivity contribution in [2.24, 2.45) is 0 Å². The molecule has 1 atom stereocenters. The number of alkyl halides is 1. The highest BCUT2D eigenvalue weighted by atomic mass is 79.9. The highest BCUT2D eigenvalue weighted by Crippen LogP contribution is 2.27. The molecular formula is C13H14BrNO3. The van der Waals surface area contributed by atoms with Crippen LogP contribution >= 0.6 is 15.9 Å². The van der Waals surface area contributed by atoms with Gasteiger partial charge in [-0.2, -0.15) is 0 Å². The summed E-state index contributed by atoms with van der Waals surface area (Å²) < 4.78 is 4.73. The van der Waals surface area contributed by atoms with Crippen LogP contribution in [0.15, 0.2) is 18.2 Å². The first-order chi connectivity index (χ1) is 8.52. The molecule has 1 amide bonds. The Morgan fingerprint density at radius 2 is 2.22 bits per heavy atom. The fourth-order valence-corrected chi connectivity index (χ4v) is 2.59. The number of amides is 1. The summed E-state index contributed by atoms with van der Waals surface area (Å²) in [5, 5.41) is 0. The van der Waals surface area contributed by atoms with Gasteiger partial charge in [-0.1, -0.05) is 22.0 Å². The number of nitrogens with zero attached hydrogens (tertiary/aromatic N) is 1. The van der Waals surface area contributed by atoms with E-state index in [4.69, 9.17) is 4.74 Å². The van der Waals surface area contributed by atoms with Crippen molar-refractivity contribution in [3.8, 4) is 0 Å². The fraction of sp³-hybridized carbons (Fsp3) is 0.385. The predicted molar refractivity (Wildman–Crippen MR) is 72.2 cm³/mol. The Bertz CT molecular complexity index is 501. The van der Waals surface area contributed by atoms with E-state index in [0.717, 1.165) is 11.3 Å². The highest BCUT2D eigenvalue weighted by molar-refractivity contribution is 9.09. The van der Waals surface area contributed by atoms with Gasteiger partial charge in [0, 0.05) is 23.5 Å². The van der Waals surface area contributed by atoms with Crippen LogP contribution in [0, 0.1) is 6.92 Å². The Balaban J connectivity index is 2.35. The number of esters is 1. The van der Waals surface area contributed by atoms with E-state index in [2.05, 4.69) is 15.9 Å². The minimum atomic E-state index is -0.378. The quantitative estimate of drug-likeness (QED) is 0.622. The van der Waals surface area contributed by atoms with Gasteiger partial charge in [0.1, 0.15) is 0 Å². The number of aryl methyl sites for hydroxylation is 1. The van der Waals surface area contributed by atoms with Crippen LogP contribution < -0.4 is 4.90 Å². The molecule has 1 unspecified atom stereocenters. The number of rotatable bonds is 2. The first kappa shape index (κ1) is 13.1. The lowest BCUT2D eigenvalue weighted by atomic mass is 10.1. The molecule has 5 heteroatoms. The number of methoxy groups -OCH3 is 1. The molecule has 1 aromatic rings. The molecule has 1 aliphatic heterocycles. The number of hydrogen-bond acceptors (Lipinski definition) is 3. The number of benzene rings is 1. The second-order valence-corrected chi connectivity index (χ2v) is 5.59. The average Bonchev–Trinajstić information content (AvgIpc) is 2.68. The number of ether oxygens (including phenoxy) is 1. The van der Waals surface area contributed by atoms with E-state index in [1.165, 1.54) is 7.11 Å². The number of anilines is 1. The van der Waals surface area contributed by atoms with Crippen LogP contribution in [0.3, 0.4) is 0 Å². The van der Waals surface area contributed by atoms with Crippen LogP contribution in [0.2, 0.25) is 0 Å². The number of halogens is 1. The molecular weight excluding hydrogens is 298 g/mol. The van der Waals surface area contributed by atoms with Gasteiger partial charge in [0.2, 0.25) is 5.91 Å². The Morgan fingerprint density at radius 1 is 1.50 bits per heavy atom. The first-order valence-corrected chi connectivity index (χ1v) is 6.58. The van der Waals surface area contributed by atoms with E-state index in [1.54, 1.807) is 11.0 Å². The van der Waals surface area contributed by atoms with Crippen molar-refractivity contribution in [3.05, 3.63) is 29.3 Å². The summed E-state index contributed by atoms with van der Waals surface area (Å²) in [6, 6.07) is 5.39. The summed E-state index contributed by atoms with van der Waals surface area (Å²) in [6.07, 6.45) is 0.488. The molecule has 0 N–H and O–H groups in total. The van der Waals surface area contributed by atoms with Gasteiger partial charge in [-0.05, 0) is 24.6 Å². The van der Waals surface area contributed by atoms with Crippen LogP contribution in [0.25, 0.3) is 0 Å². The monoisotopic (exact) mass is 311 g/mol. The molecule has 0 aromatic heterocycles. The standard InChI is InChI=1S/C13H14BrNO3/c1-8-3-4-10(6-11(8)13(17)18-2)15-7-9(14)5-12(15)16/h3-4,6,9H,5,7H2,1-2H3.